The molecule has 0 unspecified atom stereocenters. The molecule has 2 saturated heterocycles. The maximum Gasteiger partial charge on any atom is 0.286 e. The highest BCUT2D eigenvalue weighted by Gasteiger charge is 2.38. The summed E-state index contributed by atoms with van der Waals surface area (Å²) in [5.41, 5.74) is 7.43. The molecule has 4 rings (SSSR count). The predicted molar refractivity (Wildman–Crippen MR) is 109 cm³/mol. The molecule has 3 fully saturated rings. The number of carbonyl (C=O) groups is 1. The molecular formula is C21H33N5O2. The number of ether oxygens (including phenoxy) is 1. The third kappa shape index (κ3) is 4.01. The Morgan fingerprint density at radius 2 is 1.93 bits per heavy atom. The highest BCUT2D eigenvalue weighted by atomic mass is 16.5. The van der Waals surface area contributed by atoms with E-state index in [0.29, 0.717) is 12.1 Å². The molecule has 1 amide bonds. The molecule has 1 saturated carbocycles. The van der Waals surface area contributed by atoms with Gasteiger partial charge in [0.1, 0.15) is 5.82 Å². The van der Waals surface area contributed by atoms with Gasteiger partial charge in [-0.1, -0.05) is 0 Å². The van der Waals surface area contributed by atoms with Gasteiger partial charge in [0.05, 0.1) is 5.60 Å². The number of aryl methyl sites for hydroxylation is 1. The number of nitrogens with two attached hydrogens (primary N) is 1. The first-order valence-electron chi connectivity index (χ1n) is 10.8. The third-order valence-corrected chi connectivity index (χ3v) is 6.87. The summed E-state index contributed by atoms with van der Waals surface area (Å²) in [6.07, 6.45) is 9.65. The van der Waals surface area contributed by atoms with Crippen LogP contribution in [0.2, 0.25) is 0 Å². The van der Waals surface area contributed by atoms with E-state index < -0.39 is 5.91 Å². The van der Waals surface area contributed by atoms with E-state index in [2.05, 4.69) is 20.2 Å². The Hall–Kier alpha value is -1.73. The Bertz CT molecular complexity index is 722. The fourth-order valence-electron chi connectivity index (χ4n) is 5.07. The van der Waals surface area contributed by atoms with Crippen LogP contribution in [0.3, 0.4) is 0 Å². The van der Waals surface area contributed by atoms with Crippen LogP contribution in [-0.4, -0.2) is 53.3 Å². The van der Waals surface area contributed by atoms with Crippen LogP contribution in [0.5, 0.6) is 0 Å². The summed E-state index contributed by atoms with van der Waals surface area (Å²) in [7, 11) is 0. The summed E-state index contributed by atoms with van der Waals surface area (Å²) in [5.74, 6) is 0.391. The standard InChI is InChI=1S/C21H33N5O2/c1-14-15(2)23-19(18(22)27)25-20(14)26-11-7-17(13-26)24-16-5-9-21(10-6-16)8-3-4-12-28-21/h16-17,24H,3-13H2,1-2H3,(H2,22,27)/t16?,17-,21?/m1/s1. The number of amides is 1. The Kier molecular flexibility index (Phi) is 5.56. The van der Waals surface area contributed by atoms with Crippen LogP contribution in [0.4, 0.5) is 5.82 Å². The van der Waals surface area contributed by atoms with E-state index in [-0.39, 0.29) is 11.4 Å². The molecule has 1 spiro atoms. The molecule has 154 valence electrons. The minimum absolute atomic E-state index is 0.111. The zero-order valence-electron chi connectivity index (χ0n) is 17.2. The van der Waals surface area contributed by atoms with E-state index in [9.17, 15) is 4.79 Å². The summed E-state index contributed by atoms with van der Waals surface area (Å²) in [6.45, 7) is 6.71. The van der Waals surface area contributed by atoms with Crippen molar-refractivity contribution in [2.24, 2.45) is 5.73 Å². The topological polar surface area (TPSA) is 93.4 Å². The molecule has 1 atom stereocenters. The first-order chi connectivity index (χ1) is 13.5. The van der Waals surface area contributed by atoms with Crippen LogP contribution in [-0.2, 0) is 4.74 Å². The van der Waals surface area contributed by atoms with Crippen molar-refractivity contribution >= 4 is 11.7 Å². The summed E-state index contributed by atoms with van der Waals surface area (Å²) in [6, 6.07) is 1.04. The zero-order chi connectivity index (χ0) is 19.7. The normalized spacial score (nSPS) is 30.7. The van der Waals surface area contributed by atoms with E-state index in [1.165, 1.54) is 44.9 Å². The van der Waals surface area contributed by atoms with Gasteiger partial charge >= 0.3 is 0 Å². The lowest BCUT2D eigenvalue weighted by molar-refractivity contribution is -0.103. The molecule has 0 aromatic carbocycles. The Balaban J connectivity index is 1.34. The van der Waals surface area contributed by atoms with Crippen LogP contribution >= 0.6 is 0 Å². The molecule has 28 heavy (non-hydrogen) atoms. The average molecular weight is 388 g/mol. The number of nitrogens with one attached hydrogen (secondary N) is 1. The van der Waals surface area contributed by atoms with E-state index in [1.807, 2.05) is 13.8 Å². The molecule has 1 aromatic rings. The summed E-state index contributed by atoms with van der Waals surface area (Å²) in [5, 5.41) is 3.88. The second kappa shape index (κ2) is 7.95. The number of rotatable bonds is 4. The van der Waals surface area contributed by atoms with Gasteiger partial charge in [0.25, 0.3) is 5.91 Å². The average Bonchev–Trinajstić information content (AvgIpc) is 3.15. The number of hydrogen-bond donors (Lipinski definition) is 2. The van der Waals surface area contributed by atoms with Crippen molar-refractivity contribution in [3.05, 3.63) is 17.1 Å². The highest BCUT2D eigenvalue weighted by molar-refractivity contribution is 5.89. The molecular weight excluding hydrogens is 354 g/mol. The fourth-order valence-corrected chi connectivity index (χ4v) is 5.07. The number of nitrogens with zero attached hydrogens (tertiary/aromatic N) is 3. The molecule has 3 aliphatic rings. The van der Waals surface area contributed by atoms with Crippen LogP contribution in [0.15, 0.2) is 0 Å². The quantitative estimate of drug-likeness (QED) is 0.823. The van der Waals surface area contributed by atoms with E-state index in [0.717, 1.165) is 43.2 Å². The monoisotopic (exact) mass is 387 g/mol. The predicted octanol–water partition coefficient (Wildman–Crippen LogP) is 2.24. The molecule has 1 aromatic heterocycles. The molecule has 7 heteroatoms. The summed E-state index contributed by atoms with van der Waals surface area (Å²) in [4.78, 5) is 22.5. The van der Waals surface area contributed by atoms with Crippen molar-refractivity contribution in [2.75, 3.05) is 24.6 Å². The molecule has 3 heterocycles. The van der Waals surface area contributed by atoms with Crippen LogP contribution in [0.25, 0.3) is 0 Å². The van der Waals surface area contributed by atoms with Gasteiger partial charge in [0, 0.05) is 43.0 Å². The molecule has 0 radical (unpaired) electrons. The number of primary amides is 1. The van der Waals surface area contributed by atoms with Gasteiger partial charge in [-0.15, -0.1) is 0 Å². The first kappa shape index (κ1) is 19.6. The van der Waals surface area contributed by atoms with Gasteiger partial charge < -0.3 is 20.7 Å². The van der Waals surface area contributed by atoms with Crippen molar-refractivity contribution in [2.45, 2.75) is 82.9 Å². The SMILES string of the molecule is Cc1nc(C(N)=O)nc(N2CC[C@@H](NC3CCC4(CCCCO4)CC3)C2)c1C. The van der Waals surface area contributed by atoms with Gasteiger partial charge in [-0.3, -0.25) is 4.79 Å². The van der Waals surface area contributed by atoms with E-state index in [1.54, 1.807) is 0 Å². The van der Waals surface area contributed by atoms with E-state index >= 15 is 0 Å². The van der Waals surface area contributed by atoms with Gasteiger partial charge in [0.15, 0.2) is 0 Å². The molecule has 3 N–H and O–H groups in total. The van der Waals surface area contributed by atoms with Crippen molar-refractivity contribution in [3.8, 4) is 0 Å². The maximum absolute atomic E-state index is 11.5. The Labute approximate surface area is 167 Å². The van der Waals surface area contributed by atoms with Crippen LogP contribution in [0, 0.1) is 13.8 Å². The minimum Gasteiger partial charge on any atom is -0.375 e. The maximum atomic E-state index is 11.5. The fraction of sp³-hybridized carbons (Fsp3) is 0.762. The number of carbonyl (C=O) groups excluding carboxylic acids is 1. The van der Waals surface area contributed by atoms with Crippen LogP contribution < -0.4 is 16.0 Å². The number of anilines is 1. The molecule has 7 nitrogen and oxygen atoms in total. The highest BCUT2D eigenvalue weighted by Crippen LogP contribution is 2.38. The van der Waals surface area contributed by atoms with Gasteiger partial charge in [-0.25, -0.2) is 9.97 Å². The summed E-state index contributed by atoms with van der Waals surface area (Å²) < 4.78 is 6.17. The lowest BCUT2D eigenvalue weighted by Crippen LogP contribution is -2.47. The number of hydrogen-bond acceptors (Lipinski definition) is 6. The van der Waals surface area contributed by atoms with Crippen molar-refractivity contribution in [1.29, 1.82) is 0 Å². The minimum atomic E-state index is -0.570. The molecule has 1 aliphatic carbocycles. The lowest BCUT2D eigenvalue weighted by Gasteiger charge is -2.43. The molecule has 0 bridgehead atoms. The Morgan fingerprint density at radius 3 is 2.61 bits per heavy atom. The second-order valence-electron chi connectivity index (χ2n) is 8.81. The van der Waals surface area contributed by atoms with Gasteiger partial charge in [0.2, 0.25) is 5.82 Å². The van der Waals surface area contributed by atoms with Crippen molar-refractivity contribution in [1.82, 2.24) is 15.3 Å². The van der Waals surface area contributed by atoms with Crippen molar-refractivity contribution in [3.63, 3.8) is 0 Å². The zero-order valence-corrected chi connectivity index (χ0v) is 17.2. The number of aromatic nitrogens is 2. The van der Waals surface area contributed by atoms with E-state index in [4.69, 9.17) is 10.5 Å². The first-order valence-corrected chi connectivity index (χ1v) is 10.8. The van der Waals surface area contributed by atoms with Gasteiger partial charge in [-0.05, 0) is 65.2 Å². The third-order valence-electron chi connectivity index (χ3n) is 6.87. The largest absolute Gasteiger partial charge is 0.375 e. The molecule has 2 aliphatic heterocycles. The Morgan fingerprint density at radius 1 is 1.14 bits per heavy atom. The summed E-state index contributed by atoms with van der Waals surface area (Å²) >= 11 is 0. The smallest absolute Gasteiger partial charge is 0.286 e. The van der Waals surface area contributed by atoms with Crippen molar-refractivity contribution < 1.29 is 9.53 Å². The van der Waals surface area contributed by atoms with Crippen LogP contribution in [0.1, 0.15) is 73.2 Å². The second-order valence-corrected chi connectivity index (χ2v) is 8.81. The van der Waals surface area contributed by atoms with Gasteiger partial charge in [-0.2, -0.15) is 0 Å². The lowest BCUT2D eigenvalue weighted by atomic mass is 9.77.